The number of hydrogen-bond donors (Lipinski definition) is 1. The summed E-state index contributed by atoms with van der Waals surface area (Å²) in [6.07, 6.45) is 5.28. The molecule has 21 heavy (non-hydrogen) atoms. The molecule has 0 radical (unpaired) electrons. The second-order valence-electron chi connectivity index (χ2n) is 7.74. The molecule has 1 aliphatic heterocycles. The standard InChI is InChI=1S/C17H32N2O2/c1-6-17(7-2)13(18)12-10-8-9-11-19(14(12)17)15(20)21-16(3,4)5/h12-14H,6-11,18H2,1-5H3. The highest BCUT2D eigenvalue weighted by Crippen LogP contribution is 2.55. The minimum absolute atomic E-state index is 0.0753. The normalized spacial score (nSPS) is 31.9. The van der Waals surface area contributed by atoms with Crippen molar-refractivity contribution in [3.05, 3.63) is 0 Å². The van der Waals surface area contributed by atoms with Crippen molar-refractivity contribution in [2.75, 3.05) is 6.54 Å². The summed E-state index contributed by atoms with van der Waals surface area (Å²) in [5.41, 5.74) is 6.15. The first-order valence-corrected chi connectivity index (χ1v) is 8.52. The predicted octanol–water partition coefficient (Wildman–Crippen LogP) is 3.54. The van der Waals surface area contributed by atoms with Crippen molar-refractivity contribution in [1.29, 1.82) is 0 Å². The second kappa shape index (κ2) is 5.79. The summed E-state index contributed by atoms with van der Waals surface area (Å²) in [6.45, 7) is 11.0. The first-order valence-electron chi connectivity index (χ1n) is 8.52. The van der Waals surface area contributed by atoms with Gasteiger partial charge in [0.05, 0.1) is 0 Å². The monoisotopic (exact) mass is 296 g/mol. The second-order valence-corrected chi connectivity index (χ2v) is 7.74. The lowest BCUT2D eigenvalue weighted by Crippen LogP contribution is -2.73. The Morgan fingerprint density at radius 2 is 1.90 bits per heavy atom. The average molecular weight is 296 g/mol. The van der Waals surface area contributed by atoms with Gasteiger partial charge in [-0.1, -0.05) is 20.3 Å². The average Bonchev–Trinajstić information content (AvgIpc) is 2.59. The summed E-state index contributed by atoms with van der Waals surface area (Å²) >= 11 is 0. The van der Waals surface area contributed by atoms with Gasteiger partial charge < -0.3 is 15.4 Å². The van der Waals surface area contributed by atoms with E-state index in [1.807, 2.05) is 25.7 Å². The van der Waals surface area contributed by atoms with Crippen LogP contribution in [0.4, 0.5) is 4.79 Å². The predicted molar refractivity (Wildman–Crippen MR) is 85.1 cm³/mol. The molecule has 122 valence electrons. The van der Waals surface area contributed by atoms with Gasteiger partial charge in [-0.25, -0.2) is 4.79 Å². The van der Waals surface area contributed by atoms with Crippen LogP contribution in [-0.2, 0) is 4.74 Å². The van der Waals surface area contributed by atoms with Crippen LogP contribution in [-0.4, -0.2) is 35.2 Å². The fraction of sp³-hybridized carbons (Fsp3) is 0.941. The highest BCUT2D eigenvalue weighted by atomic mass is 16.6. The molecule has 1 aliphatic carbocycles. The van der Waals surface area contributed by atoms with Crippen LogP contribution in [0.5, 0.6) is 0 Å². The van der Waals surface area contributed by atoms with Crippen LogP contribution in [0.15, 0.2) is 0 Å². The van der Waals surface area contributed by atoms with Crippen molar-refractivity contribution in [3.8, 4) is 0 Å². The Labute approximate surface area is 129 Å². The van der Waals surface area contributed by atoms with Crippen LogP contribution in [0.2, 0.25) is 0 Å². The smallest absolute Gasteiger partial charge is 0.410 e. The summed E-state index contributed by atoms with van der Waals surface area (Å²) in [5.74, 6) is 0.444. The Balaban J connectivity index is 2.25. The van der Waals surface area contributed by atoms with Crippen molar-refractivity contribution >= 4 is 6.09 Å². The molecule has 3 unspecified atom stereocenters. The van der Waals surface area contributed by atoms with Crippen LogP contribution in [0, 0.1) is 11.3 Å². The van der Waals surface area contributed by atoms with Gasteiger partial charge in [-0.05, 0) is 52.4 Å². The van der Waals surface area contributed by atoms with E-state index in [-0.39, 0.29) is 23.6 Å². The number of carbonyl (C=O) groups is 1. The molecule has 2 N–H and O–H groups in total. The van der Waals surface area contributed by atoms with Gasteiger partial charge in [-0.15, -0.1) is 0 Å². The Kier molecular flexibility index (Phi) is 4.57. The molecule has 1 saturated heterocycles. The molecule has 2 rings (SSSR count). The van der Waals surface area contributed by atoms with Crippen LogP contribution >= 0.6 is 0 Å². The summed E-state index contributed by atoms with van der Waals surface area (Å²) < 4.78 is 5.65. The third-order valence-corrected chi connectivity index (χ3v) is 5.59. The van der Waals surface area contributed by atoms with Gasteiger partial charge in [-0.3, -0.25) is 0 Å². The Morgan fingerprint density at radius 1 is 1.29 bits per heavy atom. The van der Waals surface area contributed by atoms with E-state index in [2.05, 4.69) is 13.8 Å². The highest BCUT2D eigenvalue weighted by Gasteiger charge is 2.61. The first kappa shape index (κ1) is 16.6. The van der Waals surface area contributed by atoms with E-state index >= 15 is 0 Å². The zero-order chi connectivity index (χ0) is 15.8. The minimum atomic E-state index is -0.439. The van der Waals surface area contributed by atoms with E-state index in [1.54, 1.807) is 0 Å². The fourth-order valence-corrected chi connectivity index (χ4v) is 4.47. The molecule has 4 heteroatoms. The Morgan fingerprint density at radius 3 is 2.43 bits per heavy atom. The lowest BCUT2D eigenvalue weighted by molar-refractivity contribution is -0.104. The van der Waals surface area contributed by atoms with Crippen LogP contribution in [0.25, 0.3) is 0 Å². The third kappa shape index (κ3) is 2.79. The number of fused-ring (bicyclic) bond motifs is 1. The molecular formula is C17H32N2O2. The maximum Gasteiger partial charge on any atom is 0.410 e. The minimum Gasteiger partial charge on any atom is -0.444 e. The first-order chi connectivity index (χ1) is 9.77. The molecule has 1 saturated carbocycles. The Hall–Kier alpha value is -0.770. The fourth-order valence-electron chi connectivity index (χ4n) is 4.47. The molecule has 0 aromatic rings. The SMILES string of the molecule is CCC1(CC)C(N)C2CCCCN(C(=O)OC(C)(C)C)C21. The zero-order valence-electron chi connectivity index (χ0n) is 14.3. The van der Waals surface area contributed by atoms with Gasteiger partial charge in [0.1, 0.15) is 5.60 Å². The van der Waals surface area contributed by atoms with Crippen molar-refractivity contribution in [2.24, 2.45) is 17.1 Å². The maximum absolute atomic E-state index is 12.6. The molecule has 0 bridgehead atoms. The summed E-state index contributed by atoms with van der Waals surface area (Å²) in [5, 5.41) is 0. The molecule has 0 aromatic heterocycles. The van der Waals surface area contributed by atoms with Crippen LogP contribution in [0.3, 0.4) is 0 Å². The topological polar surface area (TPSA) is 55.6 Å². The van der Waals surface area contributed by atoms with Crippen molar-refractivity contribution in [2.45, 2.75) is 84.4 Å². The van der Waals surface area contributed by atoms with Gasteiger partial charge in [0, 0.05) is 24.0 Å². The molecule has 0 aromatic carbocycles. The Bertz CT molecular complexity index is 385. The van der Waals surface area contributed by atoms with Gasteiger partial charge in [-0.2, -0.15) is 0 Å². The molecular weight excluding hydrogens is 264 g/mol. The summed E-state index contributed by atoms with van der Waals surface area (Å²) in [4.78, 5) is 14.6. The summed E-state index contributed by atoms with van der Waals surface area (Å²) in [6, 6.07) is 0.486. The molecule has 2 fully saturated rings. The number of amides is 1. The molecule has 3 atom stereocenters. The van der Waals surface area contributed by atoms with Crippen molar-refractivity contribution < 1.29 is 9.53 Å². The molecule has 2 aliphatic rings. The van der Waals surface area contributed by atoms with Crippen LogP contribution < -0.4 is 5.73 Å². The maximum atomic E-state index is 12.6. The number of ether oxygens (including phenoxy) is 1. The van der Waals surface area contributed by atoms with Crippen molar-refractivity contribution in [1.82, 2.24) is 4.90 Å². The van der Waals surface area contributed by atoms with Gasteiger partial charge in [0.15, 0.2) is 0 Å². The van der Waals surface area contributed by atoms with Crippen LogP contribution in [0.1, 0.15) is 66.7 Å². The molecule has 0 spiro atoms. The van der Waals surface area contributed by atoms with Gasteiger partial charge >= 0.3 is 6.09 Å². The summed E-state index contributed by atoms with van der Waals surface area (Å²) in [7, 11) is 0. The van der Waals surface area contributed by atoms with E-state index in [0.29, 0.717) is 5.92 Å². The van der Waals surface area contributed by atoms with E-state index in [0.717, 1.165) is 38.6 Å². The molecule has 1 heterocycles. The van der Waals surface area contributed by atoms with E-state index in [1.165, 1.54) is 0 Å². The highest BCUT2D eigenvalue weighted by molar-refractivity contribution is 5.69. The molecule has 4 nitrogen and oxygen atoms in total. The van der Waals surface area contributed by atoms with Crippen molar-refractivity contribution in [3.63, 3.8) is 0 Å². The third-order valence-electron chi connectivity index (χ3n) is 5.59. The van der Waals surface area contributed by atoms with E-state index in [4.69, 9.17) is 10.5 Å². The van der Waals surface area contributed by atoms with E-state index in [9.17, 15) is 4.79 Å². The lowest BCUT2D eigenvalue weighted by atomic mass is 9.50. The number of rotatable bonds is 2. The number of nitrogens with zero attached hydrogens (tertiary/aromatic N) is 1. The van der Waals surface area contributed by atoms with Gasteiger partial charge in [0.2, 0.25) is 0 Å². The van der Waals surface area contributed by atoms with E-state index < -0.39 is 5.60 Å². The van der Waals surface area contributed by atoms with Gasteiger partial charge in [0.25, 0.3) is 0 Å². The quantitative estimate of drug-likeness (QED) is 0.848. The number of nitrogens with two attached hydrogens (primary N) is 1. The molecule has 1 amide bonds. The number of likely N-dealkylation sites (tertiary alicyclic amines) is 1. The largest absolute Gasteiger partial charge is 0.444 e. The lowest BCUT2D eigenvalue weighted by Gasteiger charge is -2.62. The number of carbonyl (C=O) groups excluding carboxylic acids is 1. The number of hydrogen-bond acceptors (Lipinski definition) is 3. The zero-order valence-corrected chi connectivity index (χ0v) is 14.3.